The lowest BCUT2D eigenvalue weighted by molar-refractivity contribution is -0.134. The van der Waals surface area contributed by atoms with Crippen LogP contribution in [0.5, 0.6) is 0 Å². The van der Waals surface area contributed by atoms with Gasteiger partial charge in [-0.3, -0.25) is 14.4 Å². The van der Waals surface area contributed by atoms with Gasteiger partial charge < -0.3 is 24.8 Å². The minimum absolute atomic E-state index is 0.0191. The fourth-order valence-corrected chi connectivity index (χ4v) is 7.06. The Bertz CT molecular complexity index is 1330. The maximum Gasteiger partial charge on any atom is 0.261 e. The van der Waals surface area contributed by atoms with E-state index in [-0.39, 0.29) is 24.0 Å². The molecule has 1 atom stereocenters. The molecule has 0 bridgehead atoms. The Hall–Kier alpha value is -2.55. The molecule has 2 aliphatic rings. The van der Waals surface area contributed by atoms with E-state index >= 15 is 0 Å². The van der Waals surface area contributed by atoms with Gasteiger partial charge in [0.2, 0.25) is 15.9 Å². The number of carbonyl (C=O) groups is 3. The minimum Gasteiger partial charge on any atom is -0.370 e. The van der Waals surface area contributed by atoms with Gasteiger partial charge in [0.25, 0.3) is 11.8 Å². The van der Waals surface area contributed by atoms with E-state index in [1.54, 1.807) is 29.2 Å². The number of likely N-dealkylation sites (N-methyl/N-ethyl adjacent to an activating group) is 1. The summed E-state index contributed by atoms with van der Waals surface area (Å²) < 4.78 is 35.7. The van der Waals surface area contributed by atoms with Crippen LogP contribution in [0.25, 0.3) is 0 Å². The third-order valence-corrected chi connectivity index (χ3v) is 9.49. The lowest BCUT2D eigenvalue weighted by Crippen LogP contribution is -2.57. The molecule has 2 saturated heterocycles. The lowest BCUT2D eigenvalue weighted by atomic mass is 10.1. The second-order valence-electron chi connectivity index (χ2n) is 9.32. The average Bonchev–Trinajstić information content (AvgIpc) is 3.37. The van der Waals surface area contributed by atoms with Crippen molar-refractivity contribution in [1.82, 2.24) is 19.8 Å². The van der Waals surface area contributed by atoms with Crippen molar-refractivity contribution >= 4 is 56.4 Å². The third kappa shape index (κ3) is 6.97. The van der Waals surface area contributed by atoms with Crippen molar-refractivity contribution in [2.45, 2.75) is 24.3 Å². The van der Waals surface area contributed by atoms with E-state index in [9.17, 15) is 22.8 Å². The molecule has 0 spiro atoms. The summed E-state index contributed by atoms with van der Waals surface area (Å²) in [6, 6.07) is 6.66. The molecule has 1 aromatic heterocycles. The van der Waals surface area contributed by atoms with E-state index in [2.05, 4.69) is 14.9 Å². The summed E-state index contributed by atoms with van der Waals surface area (Å²) in [5.74, 6) is -1.13. The van der Waals surface area contributed by atoms with Crippen molar-refractivity contribution < 1.29 is 27.5 Å². The van der Waals surface area contributed by atoms with Crippen molar-refractivity contribution in [2.75, 3.05) is 64.4 Å². The molecule has 0 unspecified atom stereocenters. The van der Waals surface area contributed by atoms with E-state index in [0.29, 0.717) is 66.2 Å². The average molecular weight is 598 g/mol. The first-order valence-electron chi connectivity index (χ1n) is 12.6. The molecular formula is C25H32ClN5O6S2. The van der Waals surface area contributed by atoms with Crippen LogP contribution in [0.3, 0.4) is 0 Å². The van der Waals surface area contributed by atoms with Gasteiger partial charge in [0.1, 0.15) is 12.6 Å². The SMILES string of the molecule is CCc1c(N2CCOCC2=O)cccc1S(=O)(=O)N[C@@H](CNC(=O)c1ccc(Cl)s1)C(=O)N1CCN(C)CC1. The predicted molar refractivity (Wildman–Crippen MR) is 149 cm³/mol. The largest absolute Gasteiger partial charge is 0.370 e. The van der Waals surface area contributed by atoms with Crippen LogP contribution in [0.2, 0.25) is 4.34 Å². The van der Waals surface area contributed by atoms with Crippen LogP contribution in [-0.2, 0) is 30.8 Å². The van der Waals surface area contributed by atoms with Gasteiger partial charge in [0, 0.05) is 45.0 Å². The highest BCUT2D eigenvalue weighted by Crippen LogP contribution is 2.29. The second-order valence-corrected chi connectivity index (χ2v) is 12.7. The van der Waals surface area contributed by atoms with Crippen molar-refractivity contribution in [3.05, 3.63) is 45.1 Å². The molecule has 39 heavy (non-hydrogen) atoms. The van der Waals surface area contributed by atoms with E-state index in [0.717, 1.165) is 11.3 Å². The predicted octanol–water partition coefficient (Wildman–Crippen LogP) is 1.18. The molecule has 4 rings (SSSR count). The Morgan fingerprint density at radius 3 is 2.51 bits per heavy atom. The number of thiophene rings is 1. The van der Waals surface area contributed by atoms with Crippen molar-refractivity contribution in [3.8, 4) is 0 Å². The van der Waals surface area contributed by atoms with Gasteiger partial charge in [0.05, 0.1) is 20.7 Å². The molecular weight excluding hydrogens is 566 g/mol. The number of halogens is 1. The monoisotopic (exact) mass is 597 g/mol. The van der Waals surface area contributed by atoms with Crippen LogP contribution in [0.4, 0.5) is 5.69 Å². The number of amides is 3. The first-order valence-corrected chi connectivity index (χ1v) is 15.3. The molecule has 11 nitrogen and oxygen atoms in total. The summed E-state index contributed by atoms with van der Waals surface area (Å²) in [5.41, 5.74) is 0.960. The number of piperazine rings is 1. The summed E-state index contributed by atoms with van der Waals surface area (Å²) in [7, 11) is -2.28. The number of sulfonamides is 1. The second kappa shape index (κ2) is 12.7. The minimum atomic E-state index is -4.23. The smallest absolute Gasteiger partial charge is 0.261 e. The standard InChI is InChI=1S/C25H32ClN5O6S2/c1-3-17-19(31-13-14-37-16-23(31)32)5-4-6-21(17)39(35,36)28-18(25(34)30-11-9-29(2)10-12-30)15-27-24(33)20-7-8-22(26)38-20/h4-8,18,28H,3,9-16H2,1-2H3,(H,27,33)/t18-/m0/s1. The Balaban J connectivity index is 1.60. The normalized spacial score (nSPS) is 17.8. The van der Waals surface area contributed by atoms with Crippen molar-refractivity contribution in [3.63, 3.8) is 0 Å². The van der Waals surface area contributed by atoms with Gasteiger partial charge >= 0.3 is 0 Å². The Kier molecular flexibility index (Phi) is 9.62. The number of nitrogens with zero attached hydrogens (tertiary/aromatic N) is 3. The van der Waals surface area contributed by atoms with Gasteiger partial charge in [-0.2, -0.15) is 4.72 Å². The summed E-state index contributed by atoms with van der Waals surface area (Å²) in [6.07, 6.45) is 0.337. The van der Waals surface area contributed by atoms with Gasteiger partial charge in [-0.05, 0) is 43.3 Å². The molecule has 0 radical (unpaired) electrons. The molecule has 1 aromatic carbocycles. The Morgan fingerprint density at radius 2 is 1.87 bits per heavy atom. The summed E-state index contributed by atoms with van der Waals surface area (Å²) in [6.45, 7) is 4.33. The number of carbonyl (C=O) groups excluding carboxylic acids is 3. The van der Waals surface area contributed by atoms with E-state index < -0.39 is 27.9 Å². The molecule has 3 heterocycles. The fourth-order valence-electron chi connectivity index (χ4n) is 4.58. The van der Waals surface area contributed by atoms with Gasteiger partial charge in [-0.25, -0.2) is 8.42 Å². The molecule has 3 amide bonds. The number of rotatable bonds is 9. The van der Waals surface area contributed by atoms with E-state index in [1.165, 1.54) is 11.0 Å². The van der Waals surface area contributed by atoms with Gasteiger partial charge in [-0.15, -0.1) is 11.3 Å². The van der Waals surface area contributed by atoms with Gasteiger partial charge in [0.15, 0.2) is 0 Å². The highest BCUT2D eigenvalue weighted by molar-refractivity contribution is 7.89. The molecule has 212 valence electrons. The number of hydrogen-bond acceptors (Lipinski definition) is 8. The first-order chi connectivity index (χ1) is 18.6. The number of nitrogens with one attached hydrogen (secondary N) is 2. The number of hydrogen-bond donors (Lipinski definition) is 2. The quantitative estimate of drug-likeness (QED) is 0.444. The van der Waals surface area contributed by atoms with Crippen LogP contribution >= 0.6 is 22.9 Å². The topological polar surface area (TPSA) is 128 Å². The molecule has 2 N–H and O–H groups in total. The molecule has 14 heteroatoms. The van der Waals surface area contributed by atoms with E-state index in [4.69, 9.17) is 16.3 Å². The first kappa shape index (κ1) is 29.4. The number of benzene rings is 1. The molecule has 0 saturated carbocycles. The zero-order chi connectivity index (χ0) is 28.2. The zero-order valence-electron chi connectivity index (χ0n) is 21.8. The van der Waals surface area contributed by atoms with Crippen LogP contribution < -0.4 is 14.9 Å². The molecule has 0 aliphatic carbocycles. The Labute approximate surface area is 237 Å². The summed E-state index contributed by atoms with van der Waals surface area (Å²) >= 11 is 7.03. The molecule has 2 fully saturated rings. The highest BCUT2D eigenvalue weighted by Gasteiger charge is 2.33. The van der Waals surface area contributed by atoms with Crippen LogP contribution in [0.15, 0.2) is 35.2 Å². The molecule has 2 aliphatic heterocycles. The zero-order valence-corrected chi connectivity index (χ0v) is 24.2. The maximum atomic E-state index is 13.7. The van der Waals surface area contributed by atoms with Crippen molar-refractivity contribution in [2.24, 2.45) is 0 Å². The number of morpholine rings is 1. The maximum absolute atomic E-state index is 13.7. The van der Waals surface area contributed by atoms with Crippen LogP contribution in [0.1, 0.15) is 22.2 Å². The number of ether oxygens (including phenoxy) is 1. The summed E-state index contributed by atoms with van der Waals surface area (Å²) in [4.78, 5) is 44.2. The fraction of sp³-hybridized carbons (Fsp3) is 0.480. The van der Waals surface area contributed by atoms with Crippen LogP contribution in [0, 0.1) is 0 Å². The molecule has 2 aromatic rings. The number of anilines is 1. The van der Waals surface area contributed by atoms with Gasteiger partial charge in [-0.1, -0.05) is 24.6 Å². The third-order valence-electron chi connectivity index (χ3n) is 6.70. The Morgan fingerprint density at radius 1 is 1.13 bits per heavy atom. The van der Waals surface area contributed by atoms with Crippen LogP contribution in [-0.4, -0.2) is 102 Å². The van der Waals surface area contributed by atoms with Crippen molar-refractivity contribution in [1.29, 1.82) is 0 Å². The van der Waals surface area contributed by atoms with E-state index in [1.807, 2.05) is 14.0 Å². The lowest BCUT2D eigenvalue weighted by Gasteiger charge is -2.35. The highest BCUT2D eigenvalue weighted by atomic mass is 35.5. The summed E-state index contributed by atoms with van der Waals surface area (Å²) in [5, 5.41) is 2.67.